The van der Waals surface area contributed by atoms with Gasteiger partial charge in [-0.25, -0.2) is 9.97 Å². The number of carbonyl (C=O) groups is 1. The van der Waals surface area contributed by atoms with E-state index in [1.165, 1.54) is 30.7 Å². The van der Waals surface area contributed by atoms with Crippen LogP contribution in [0.1, 0.15) is 10.4 Å². The Morgan fingerprint density at radius 2 is 2.24 bits per heavy atom. The SMILES string of the molecule is O=C(Nc1nccc(Cl)n1)c1c[nH]ccc1=O. The Labute approximate surface area is 101 Å². The van der Waals surface area contributed by atoms with E-state index in [0.29, 0.717) is 0 Å². The van der Waals surface area contributed by atoms with Gasteiger partial charge in [0, 0.05) is 24.7 Å². The van der Waals surface area contributed by atoms with Gasteiger partial charge in [-0.15, -0.1) is 0 Å². The molecule has 1 amide bonds. The highest BCUT2D eigenvalue weighted by Gasteiger charge is 2.10. The molecule has 0 aliphatic rings. The van der Waals surface area contributed by atoms with Gasteiger partial charge in [-0.05, 0) is 6.07 Å². The average Bonchev–Trinajstić information content (AvgIpc) is 2.29. The zero-order chi connectivity index (χ0) is 12.3. The zero-order valence-corrected chi connectivity index (χ0v) is 9.23. The summed E-state index contributed by atoms with van der Waals surface area (Å²) in [6.07, 6.45) is 4.15. The van der Waals surface area contributed by atoms with Crippen molar-refractivity contribution in [1.29, 1.82) is 0 Å². The highest BCUT2D eigenvalue weighted by molar-refractivity contribution is 6.29. The van der Waals surface area contributed by atoms with E-state index < -0.39 is 5.91 Å². The predicted octanol–water partition coefficient (Wildman–Crippen LogP) is 1.07. The van der Waals surface area contributed by atoms with Crippen molar-refractivity contribution < 1.29 is 4.79 Å². The van der Waals surface area contributed by atoms with Crippen LogP contribution in [-0.2, 0) is 0 Å². The molecule has 0 atom stereocenters. The number of carbonyl (C=O) groups excluding carboxylic acids is 1. The minimum atomic E-state index is -0.589. The summed E-state index contributed by atoms with van der Waals surface area (Å²) in [5, 5.41) is 2.58. The standard InChI is InChI=1S/C10H7ClN4O2/c11-8-2-4-13-10(14-8)15-9(17)6-5-12-3-1-7(6)16/h1-5H,(H,12,16)(H,13,14,15,17). The van der Waals surface area contributed by atoms with Crippen LogP contribution in [-0.4, -0.2) is 20.9 Å². The highest BCUT2D eigenvalue weighted by atomic mass is 35.5. The van der Waals surface area contributed by atoms with Gasteiger partial charge in [-0.3, -0.25) is 14.9 Å². The summed E-state index contributed by atoms with van der Waals surface area (Å²) in [5.41, 5.74) is -0.403. The van der Waals surface area contributed by atoms with Gasteiger partial charge in [0.1, 0.15) is 10.7 Å². The summed E-state index contributed by atoms with van der Waals surface area (Å²) in [7, 11) is 0. The number of hydrogen-bond donors (Lipinski definition) is 2. The largest absolute Gasteiger partial charge is 0.367 e. The van der Waals surface area contributed by atoms with Crippen LogP contribution in [0.25, 0.3) is 0 Å². The van der Waals surface area contributed by atoms with Crippen LogP contribution in [0.4, 0.5) is 5.95 Å². The summed E-state index contributed by atoms with van der Waals surface area (Å²) < 4.78 is 0. The molecule has 2 N–H and O–H groups in total. The van der Waals surface area contributed by atoms with Gasteiger partial charge in [-0.2, -0.15) is 0 Å². The summed E-state index contributed by atoms with van der Waals surface area (Å²) in [6, 6.07) is 2.74. The first-order chi connectivity index (χ1) is 8.16. The second kappa shape index (κ2) is 4.75. The summed E-state index contributed by atoms with van der Waals surface area (Å²) in [5.74, 6) is -0.542. The molecule has 0 spiro atoms. The number of aromatic amines is 1. The van der Waals surface area contributed by atoms with E-state index in [0.717, 1.165) is 0 Å². The smallest absolute Gasteiger partial charge is 0.263 e. The van der Waals surface area contributed by atoms with E-state index in [9.17, 15) is 9.59 Å². The van der Waals surface area contributed by atoms with Crippen LogP contribution in [0.5, 0.6) is 0 Å². The fourth-order valence-electron chi connectivity index (χ4n) is 1.16. The average molecular weight is 251 g/mol. The van der Waals surface area contributed by atoms with Gasteiger partial charge in [0.15, 0.2) is 5.43 Å². The molecule has 2 aromatic rings. The number of hydrogen-bond acceptors (Lipinski definition) is 4. The van der Waals surface area contributed by atoms with Gasteiger partial charge < -0.3 is 4.98 Å². The minimum Gasteiger partial charge on any atom is -0.367 e. The molecule has 0 unspecified atom stereocenters. The quantitative estimate of drug-likeness (QED) is 0.781. The molecular weight excluding hydrogens is 244 g/mol. The third-order valence-corrected chi connectivity index (χ3v) is 2.13. The Kier molecular flexibility index (Phi) is 3.15. The molecule has 2 heterocycles. The van der Waals surface area contributed by atoms with Crippen molar-refractivity contribution in [2.24, 2.45) is 0 Å². The van der Waals surface area contributed by atoms with Gasteiger partial charge in [0.05, 0.1) is 0 Å². The fraction of sp³-hybridized carbons (Fsp3) is 0. The van der Waals surface area contributed by atoms with Gasteiger partial charge in [-0.1, -0.05) is 11.6 Å². The van der Waals surface area contributed by atoms with Crippen molar-refractivity contribution in [3.8, 4) is 0 Å². The number of rotatable bonds is 2. The first-order valence-electron chi connectivity index (χ1n) is 4.64. The van der Waals surface area contributed by atoms with E-state index >= 15 is 0 Å². The van der Waals surface area contributed by atoms with Crippen LogP contribution in [0.3, 0.4) is 0 Å². The minimum absolute atomic E-state index is 0.0175. The van der Waals surface area contributed by atoms with Crippen molar-refractivity contribution in [2.45, 2.75) is 0 Å². The van der Waals surface area contributed by atoms with Crippen LogP contribution >= 0.6 is 11.6 Å². The summed E-state index contributed by atoms with van der Waals surface area (Å²) in [4.78, 5) is 33.3. The number of H-pyrrole nitrogens is 1. The van der Waals surface area contributed by atoms with Crippen molar-refractivity contribution in [2.75, 3.05) is 5.32 Å². The topological polar surface area (TPSA) is 87.7 Å². The first-order valence-corrected chi connectivity index (χ1v) is 5.01. The maximum absolute atomic E-state index is 11.7. The number of pyridine rings is 1. The molecule has 2 aromatic heterocycles. The van der Waals surface area contributed by atoms with E-state index in [-0.39, 0.29) is 22.1 Å². The van der Waals surface area contributed by atoms with Gasteiger partial charge >= 0.3 is 0 Å². The molecule has 0 radical (unpaired) electrons. The number of amides is 1. The lowest BCUT2D eigenvalue weighted by atomic mass is 10.2. The van der Waals surface area contributed by atoms with Crippen molar-refractivity contribution in [3.63, 3.8) is 0 Å². The van der Waals surface area contributed by atoms with Gasteiger partial charge in [0.2, 0.25) is 5.95 Å². The molecule has 7 heteroatoms. The molecule has 86 valence electrons. The third-order valence-electron chi connectivity index (χ3n) is 1.92. The number of aromatic nitrogens is 3. The number of halogens is 1. The first kappa shape index (κ1) is 11.3. The van der Waals surface area contributed by atoms with E-state index in [1.807, 2.05) is 0 Å². The Morgan fingerprint density at radius 3 is 2.94 bits per heavy atom. The number of anilines is 1. The molecule has 0 saturated carbocycles. The lowest BCUT2D eigenvalue weighted by Crippen LogP contribution is -2.21. The van der Waals surface area contributed by atoms with Crippen molar-refractivity contribution >= 4 is 23.5 Å². The Balaban J connectivity index is 2.23. The maximum atomic E-state index is 11.7. The number of nitrogens with one attached hydrogen (secondary N) is 2. The van der Waals surface area contributed by atoms with Crippen molar-refractivity contribution in [1.82, 2.24) is 15.0 Å². The lowest BCUT2D eigenvalue weighted by Gasteiger charge is -2.02. The van der Waals surface area contributed by atoms with E-state index in [4.69, 9.17) is 11.6 Å². The zero-order valence-electron chi connectivity index (χ0n) is 8.48. The molecule has 17 heavy (non-hydrogen) atoms. The molecule has 0 bridgehead atoms. The Bertz CT molecular complexity index is 611. The third kappa shape index (κ3) is 2.67. The van der Waals surface area contributed by atoms with Gasteiger partial charge in [0.25, 0.3) is 5.91 Å². The molecule has 0 aliphatic carbocycles. The Hall–Kier alpha value is -2.21. The van der Waals surface area contributed by atoms with Crippen LogP contribution in [0, 0.1) is 0 Å². The predicted molar refractivity (Wildman–Crippen MR) is 62.1 cm³/mol. The Morgan fingerprint density at radius 1 is 1.41 bits per heavy atom. The normalized spacial score (nSPS) is 9.94. The fourth-order valence-corrected chi connectivity index (χ4v) is 1.30. The molecule has 0 aliphatic heterocycles. The molecule has 0 fully saturated rings. The monoisotopic (exact) mass is 250 g/mol. The van der Waals surface area contributed by atoms with Crippen LogP contribution < -0.4 is 10.7 Å². The van der Waals surface area contributed by atoms with Crippen LogP contribution in [0.2, 0.25) is 5.15 Å². The molecule has 6 nitrogen and oxygen atoms in total. The van der Waals surface area contributed by atoms with E-state index in [1.54, 1.807) is 0 Å². The van der Waals surface area contributed by atoms with Crippen molar-refractivity contribution in [3.05, 3.63) is 51.7 Å². The molecule has 0 saturated heterocycles. The second-order valence-electron chi connectivity index (χ2n) is 3.08. The lowest BCUT2D eigenvalue weighted by molar-refractivity contribution is 0.102. The molecule has 2 rings (SSSR count). The number of nitrogens with zero attached hydrogens (tertiary/aromatic N) is 2. The van der Waals surface area contributed by atoms with Crippen LogP contribution in [0.15, 0.2) is 35.5 Å². The maximum Gasteiger partial charge on any atom is 0.263 e. The summed E-state index contributed by atoms with van der Waals surface area (Å²) in [6.45, 7) is 0. The van der Waals surface area contributed by atoms with E-state index in [2.05, 4.69) is 20.3 Å². The molecular formula is C10H7ClN4O2. The second-order valence-corrected chi connectivity index (χ2v) is 3.47. The summed E-state index contributed by atoms with van der Waals surface area (Å²) >= 11 is 5.64. The molecule has 0 aromatic carbocycles. The highest BCUT2D eigenvalue weighted by Crippen LogP contribution is 2.06.